The van der Waals surface area contributed by atoms with Crippen LogP contribution in [0.15, 0.2) is 18.2 Å². The van der Waals surface area contributed by atoms with E-state index in [1.165, 1.54) is 11.1 Å². The highest BCUT2D eigenvalue weighted by Gasteiger charge is 1.99. The second kappa shape index (κ2) is 6.46. The predicted molar refractivity (Wildman–Crippen MR) is 62.5 cm³/mol. The average molecular weight is 208 g/mol. The van der Waals surface area contributed by atoms with Gasteiger partial charge in [0.15, 0.2) is 0 Å². The van der Waals surface area contributed by atoms with Gasteiger partial charge in [-0.05, 0) is 37.5 Å². The van der Waals surface area contributed by atoms with Gasteiger partial charge in [-0.3, -0.25) is 0 Å². The van der Waals surface area contributed by atoms with Crippen molar-refractivity contribution in [2.75, 3.05) is 19.8 Å². The van der Waals surface area contributed by atoms with E-state index in [-0.39, 0.29) is 0 Å². The van der Waals surface area contributed by atoms with Gasteiger partial charge < -0.3 is 9.47 Å². The minimum atomic E-state index is 0.629. The van der Waals surface area contributed by atoms with Crippen LogP contribution in [0.2, 0.25) is 0 Å². The molecule has 15 heavy (non-hydrogen) atoms. The number of hydrogen-bond donors (Lipinski definition) is 0. The third-order valence-electron chi connectivity index (χ3n) is 2.18. The van der Waals surface area contributed by atoms with Crippen LogP contribution in [0.25, 0.3) is 0 Å². The van der Waals surface area contributed by atoms with E-state index < -0.39 is 0 Å². The molecule has 0 unspecified atom stereocenters. The molecule has 0 aliphatic heterocycles. The summed E-state index contributed by atoms with van der Waals surface area (Å²) in [6.07, 6.45) is 1.06. The molecule has 0 N–H and O–H groups in total. The monoisotopic (exact) mass is 208 g/mol. The summed E-state index contributed by atoms with van der Waals surface area (Å²) in [6, 6.07) is 6.24. The van der Waals surface area contributed by atoms with Crippen molar-refractivity contribution >= 4 is 0 Å². The van der Waals surface area contributed by atoms with Crippen molar-refractivity contribution in [3.63, 3.8) is 0 Å². The smallest absolute Gasteiger partial charge is 0.122 e. The fourth-order valence-corrected chi connectivity index (χ4v) is 1.32. The zero-order chi connectivity index (χ0) is 11.1. The van der Waals surface area contributed by atoms with Gasteiger partial charge in [-0.2, -0.15) is 0 Å². The minimum Gasteiger partial charge on any atom is -0.491 e. The van der Waals surface area contributed by atoms with Gasteiger partial charge in [-0.15, -0.1) is 0 Å². The Hall–Kier alpha value is -1.02. The van der Waals surface area contributed by atoms with E-state index in [1.54, 1.807) is 0 Å². The van der Waals surface area contributed by atoms with E-state index >= 15 is 0 Å². The predicted octanol–water partition coefficient (Wildman–Crippen LogP) is 3.11. The maximum Gasteiger partial charge on any atom is 0.122 e. The summed E-state index contributed by atoms with van der Waals surface area (Å²) >= 11 is 0. The Kier molecular flexibility index (Phi) is 5.19. The van der Waals surface area contributed by atoms with Gasteiger partial charge in [-0.25, -0.2) is 0 Å². The van der Waals surface area contributed by atoms with E-state index in [2.05, 4.69) is 39.0 Å². The van der Waals surface area contributed by atoms with Crippen LogP contribution in [0.1, 0.15) is 24.5 Å². The molecule has 0 aliphatic carbocycles. The molecular formula is C13H20O2. The Balaban J connectivity index is 2.33. The molecule has 0 saturated carbocycles. The Morgan fingerprint density at radius 1 is 1.07 bits per heavy atom. The number of aryl methyl sites for hydroxylation is 2. The van der Waals surface area contributed by atoms with Crippen molar-refractivity contribution in [1.82, 2.24) is 0 Å². The van der Waals surface area contributed by atoms with Crippen LogP contribution in [0.5, 0.6) is 5.75 Å². The average Bonchev–Trinajstić information content (AvgIpc) is 2.23. The fourth-order valence-electron chi connectivity index (χ4n) is 1.32. The van der Waals surface area contributed by atoms with Gasteiger partial charge in [0.1, 0.15) is 12.4 Å². The van der Waals surface area contributed by atoms with E-state index in [0.717, 1.165) is 18.8 Å². The lowest BCUT2D eigenvalue weighted by Gasteiger charge is -2.09. The third-order valence-corrected chi connectivity index (χ3v) is 2.18. The summed E-state index contributed by atoms with van der Waals surface area (Å²) in [7, 11) is 0. The summed E-state index contributed by atoms with van der Waals surface area (Å²) < 4.78 is 11.0. The first kappa shape index (κ1) is 12.1. The summed E-state index contributed by atoms with van der Waals surface area (Å²) in [6.45, 7) is 8.34. The molecule has 0 bridgehead atoms. The third kappa shape index (κ3) is 4.34. The summed E-state index contributed by atoms with van der Waals surface area (Å²) in [5.74, 6) is 0.968. The second-order valence-electron chi connectivity index (χ2n) is 3.73. The molecule has 1 aromatic carbocycles. The normalized spacial score (nSPS) is 10.3. The highest BCUT2D eigenvalue weighted by molar-refractivity contribution is 5.35. The van der Waals surface area contributed by atoms with E-state index in [9.17, 15) is 0 Å². The lowest BCUT2D eigenvalue weighted by Crippen LogP contribution is -2.07. The molecule has 0 heterocycles. The SMILES string of the molecule is CCCOCCOc1cc(C)ccc1C. The molecule has 1 rings (SSSR count). The van der Waals surface area contributed by atoms with E-state index in [1.807, 2.05) is 0 Å². The quantitative estimate of drug-likeness (QED) is 0.669. The van der Waals surface area contributed by atoms with Gasteiger partial charge in [-0.1, -0.05) is 19.1 Å². The van der Waals surface area contributed by atoms with Crippen molar-refractivity contribution < 1.29 is 9.47 Å². The van der Waals surface area contributed by atoms with Crippen molar-refractivity contribution in [3.05, 3.63) is 29.3 Å². The largest absolute Gasteiger partial charge is 0.491 e. The Bertz CT molecular complexity index is 295. The van der Waals surface area contributed by atoms with Crippen molar-refractivity contribution in [1.29, 1.82) is 0 Å². The minimum absolute atomic E-state index is 0.629. The van der Waals surface area contributed by atoms with Crippen LogP contribution < -0.4 is 4.74 Å². The topological polar surface area (TPSA) is 18.5 Å². The van der Waals surface area contributed by atoms with Gasteiger partial charge in [0.2, 0.25) is 0 Å². The Morgan fingerprint density at radius 3 is 2.60 bits per heavy atom. The zero-order valence-electron chi connectivity index (χ0n) is 9.88. The lowest BCUT2D eigenvalue weighted by atomic mass is 10.1. The molecule has 2 heteroatoms. The standard InChI is InChI=1S/C13H20O2/c1-4-7-14-8-9-15-13-10-11(2)5-6-12(13)3/h5-6,10H,4,7-9H2,1-3H3. The van der Waals surface area contributed by atoms with E-state index in [4.69, 9.17) is 9.47 Å². The first-order chi connectivity index (χ1) is 7.24. The molecule has 0 fully saturated rings. The van der Waals surface area contributed by atoms with Gasteiger partial charge >= 0.3 is 0 Å². The molecule has 0 saturated heterocycles. The van der Waals surface area contributed by atoms with Crippen LogP contribution in [0.4, 0.5) is 0 Å². The van der Waals surface area contributed by atoms with Crippen LogP contribution >= 0.6 is 0 Å². The molecular weight excluding hydrogens is 188 g/mol. The number of hydrogen-bond acceptors (Lipinski definition) is 2. The molecule has 0 aromatic heterocycles. The molecule has 2 nitrogen and oxygen atoms in total. The Morgan fingerprint density at radius 2 is 1.87 bits per heavy atom. The molecule has 0 aliphatic rings. The maximum absolute atomic E-state index is 5.64. The lowest BCUT2D eigenvalue weighted by molar-refractivity contribution is 0.100. The highest BCUT2D eigenvalue weighted by atomic mass is 16.5. The van der Waals surface area contributed by atoms with Crippen LogP contribution in [0.3, 0.4) is 0 Å². The number of benzene rings is 1. The summed E-state index contributed by atoms with van der Waals surface area (Å²) in [5.41, 5.74) is 2.40. The first-order valence-electron chi connectivity index (χ1n) is 5.52. The van der Waals surface area contributed by atoms with Crippen LogP contribution in [-0.4, -0.2) is 19.8 Å². The zero-order valence-corrected chi connectivity index (χ0v) is 9.88. The van der Waals surface area contributed by atoms with Gasteiger partial charge in [0.25, 0.3) is 0 Å². The molecule has 84 valence electrons. The van der Waals surface area contributed by atoms with Crippen molar-refractivity contribution in [3.8, 4) is 5.75 Å². The maximum atomic E-state index is 5.64. The highest BCUT2D eigenvalue weighted by Crippen LogP contribution is 2.18. The van der Waals surface area contributed by atoms with Gasteiger partial charge in [0.05, 0.1) is 6.61 Å². The summed E-state index contributed by atoms with van der Waals surface area (Å²) in [4.78, 5) is 0. The number of ether oxygens (including phenoxy) is 2. The fraction of sp³-hybridized carbons (Fsp3) is 0.538. The van der Waals surface area contributed by atoms with Crippen molar-refractivity contribution in [2.45, 2.75) is 27.2 Å². The molecule has 0 radical (unpaired) electrons. The number of rotatable bonds is 6. The van der Waals surface area contributed by atoms with Gasteiger partial charge in [0, 0.05) is 6.61 Å². The summed E-state index contributed by atoms with van der Waals surface area (Å²) in [5, 5.41) is 0. The first-order valence-corrected chi connectivity index (χ1v) is 5.52. The second-order valence-corrected chi connectivity index (χ2v) is 3.73. The Labute approximate surface area is 92.2 Å². The molecule has 0 amide bonds. The molecule has 0 atom stereocenters. The molecule has 0 spiro atoms. The van der Waals surface area contributed by atoms with Crippen LogP contribution in [-0.2, 0) is 4.74 Å². The van der Waals surface area contributed by atoms with E-state index in [0.29, 0.717) is 13.2 Å². The van der Waals surface area contributed by atoms with Crippen molar-refractivity contribution in [2.24, 2.45) is 0 Å². The molecule has 1 aromatic rings. The van der Waals surface area contributed by atoms with Crippen LogP contribution in [0, 0.1) is 13.8 Å².